The Morgan fingerprint density at radius 1 is 1.26 bits per heavy atom. The fourth-order valence-electron chi connectivity index (χ4n) is 4.28. The van der Waals surface area contributed by atoms with Gasteiger partial charge in [0, 0.05) is 0 Å². The third kappa shape index (κ3) is 6.46. The molecule has 2 aromatic rings. The van der Waals surface area contributed by atoms with Crippen LogP contribution in [0.1, 0.15) is 11.7 Å². The lowest BCUT2D eigenvalue weighted by atomic mass is 9.88. The van der Waals surface area contributed by atoms with Gasteiger partial charge in [0.2, 0.25) is 5.95 Å². The third-order valence-electron chi connectivity index (χ3n) is 6.45. The molecule has 11 N–H and O–H groups in total. The molecule has 24 heteroatoms. The van der Waals surface area contributed by atoms with Crippen molar-refractivity contribution in [3.63, 3.8) is 0 Å². The van der Waals surface area contributed by atoms with E-state index < -0.39 is 88.2 Å². The van der Waals surface area contributed by atoms with Crippen LogP contribution in [0.15, 0.2) is 12.5 Å². The lowest BCUT2D eigenvalue weighted by Gasteiger charge is -2.41. The van der Waals surface area contributed by atoms with Crippen LogP contribution in [-0.4, -0.2) is 133 Å². The molecule has 2 fully saturated rings. The molecule has 2 aliphatic rings. The summed E-state index contributed by atoms with van der Waals surface area (Å²) in [4.78, 5) is 28.0. The van der Waals surface area contributed by atoms with Crippen molar-refractivity contribution >= 4 is 37.9 Å². The molecule has 7 unspecified atom stereocenters. The van der Waals surface area contributed by atoms with Crippen molar-refractivity contribution in [3.05, 3.63) is 18.1 Å². The molecule has 2 aliphatic heterocycles. The summed E-state index contributed by atoms with van der Waals surface area (Å²) in [5.41, 5.74) is 2.66. The molecule has 0 amide bonds. The normalized spacial score (nSPS) is 38.3. The van der Waals surface area contributed by atoms with Crippen molar-refractivity contribution in [1.29, 1.82) is 0 Å². The average Bonchev–Trinajstić information content (AvgIpc) is 3.46. The number of aliphatic hydroxyl groups excluding tert-OH is 6. The SMILES string of the molecule is C#C[C@]1(O)[C@H](c2cnn3c(N)ncnc23)O[C@](F)(COP(O)(=S)OP(=O)(O)OC2OC([C@@H](O)CO)C(O)C(O)C2O)[C@H]1O. The lowest BCUT2D eigenvalue weighted by molar-refractivity contribution is -0.292. The number of fused-ring (bicyclic) bond motifs is 1. The number of aromatic nitrogens is 4. The van der Waals surface area contributed by atoms with Gasteiger partial charge in [-0.15, -0.1) is 6.42 Å². The van der Waals surface area contributed by atoms with Crippen molar-refractivity contribution < 1.29 is 77.3 Å². The van der Waals surface area contributed by atoms with E-state index in [1.807, 2.05) is 5.92 Å². The number of terminal acetylenes is 1. The number of halogens is 1. The summed E-state index contributed by atoms with van der Waals surface area (Å²) < 4.78 is 53.3. The van der Waals surface area contributed by atoms with Gasteiger partial charge >= 0.3 is 14.5 Å². The first-order chi connectivity index (χ1) is 19.9. The summed E-state index contributed by atoms with van der Waals surface area (Å²) >= 11 is 4.60. The minimum absolute atomic E-state index is 0.0870. The van der Waals surface area contributed by atoms with Gasteiger partial charge in [-0.2, -0.15) is 9.61 Å². The van der Waals surface area contributed by atoms with Crippen molar-refractivity contribution in [3.8, 4) is 12.3 Å². The van der Waals surface area contributed by atoms with Gasteiger partial charge in [0.1, 0.15) is 49.6 Å². The number of nitrogens with two attached hydrogens (primary N) is 1. The van der Waals surface area contributed by atoms with Crippen molar-refractivity contribution in [2.45, 2.75) is 60.5 Å². The van der Waals surface area contributed by atoms with E-state index in [1.165, 1.54) is 0 Å². The lowest BCUT2D eigenvalue weighted by Crippen LogP contribution is -2.61. The second kappa shape index (κ2) is 12.2. The van der Waals surface area contributed by atoms with E-state index in [0.717, 1.165) is 17.0 Å². The number of nitrogen functional groups attached to an aromatic ring is 1. The summed E-state index contributed by atoms with van der Waals surface area (Å²) in [6.07, 6.45) is -9.32. The Morgan fingerprint density at radius 3 is 2.56 bits per heavy atom. The third-order valence-corrected chi connectivity index (χ3v) is 9.95. The summed E-state index contributed by atoms with van der Waals surface area (Å²) in [5, 5.41) is 74.2. The van der Waals surface area contributed by atoms with Gasteiger partial charge < -0.3 is 65.3 Å². The van der Waals surface area contributed by atoms with Crippen LogP contribution in [0.5, 0.6) is 0 Å². The number of rotatable bonds is 10. The number of hydrogen-bond donors (Lipinski definition) is 10. The zero-order valence-corrected chi connectivity index (χ0v) is 23.9. The Morgan fingerprint density at radius 2 is 1.93 bits per heavy atom. The van der Waals surface area contributed by atoms with Crippen LogP contribution in [0, 0.1) is 12.3 Å². The predicted octanol–water partition coefficient (Wildman–Crippen LogP) is -4.30. The van der Waals surface area contributed by atoms with Crippen molar-refractivity contribution in [2.24, 2.45) is 0 Å². The molecule has 4 heterocycles. The maximum atomic E-state index is 15.9. The zero-order chi connectivity index (χ0) is 32.1. The Labute approximate surface area is 244 Å². The number of anilines is 1. The second-order valence-electron chi connectivity index (χ2n) is 9.31. The number of alkyl halides is 1. The summed E-state index contributed by atoms with van der Waals surface area (Å²) in [6.45, 7) is -7.58. The molecule has 0 saturated carbocycles. The molecular weight excluding hydrogens is 651 g/mol. The minimum Gasteiger partial charge on any atom is -0.394 e. The van der Waals surface area contributed by atoms with Crippen LogP contribution in [-0.2, 0) is 39.2 Å². The van der Waals surface area contributed by atoms with Crippen molar-refractivity contribution in [2.75, 3.05) is 18.9 Å². The van der Waals surface area contributed by atoms with Crippen LogP contribution >= 0.6 is 14.5 Å². The van der Waals surface area contributed by atoms with Crippen LogP contribution in [0.2, 0.25) is 0 Å². The molecule has 2 aromatic heterocycles. The monoisotopic (exact) mass is 677 g/mol. The number of nitrogens with zero attached hydrogens (tertiary/aromatic N) is 4. The number of phosphoric ester groups is 1. The van der Waals surface area contributed by atoms with Gasteiger partial charge in [-0.05, 0) is 11.8 Å². The Hall–Kier alpha value is -1.84. The molecule has 2 saturated heterocycles. The van der Waals surface area contributed by atoms with E-state index in [9.17, 15) is 45.0 Å². The molecule has 0 aliphatic carbocycles. The average molecular weight is 677 g/mol. The summed E-state index contributed by atoms with van der Waals surface area (Å²) in [6, 6.07) is 0. The van der Waals surface area contributed by atoms with Crippen LogP contribution in [0.4, 0.5) is 10.3 Å². The van der Waals surface area contributed by atoms with Gasteiger partial charge in [-0.1, -0.05) is 5.92 Å². The highest BCUT2D eigenvalue weighted by Crippen LogP contribution is 2.62. The number of phosphoric acid groups is 1. The first-order valence-electron chi connectivity index (χ1n) is 11.8. The summed E-state index contributed by atoms with van der Waals surface area (Å²) in [7, 11) is -5.64. The van der Waals surface area contributed by atoms with Gasteiger partial charge in [-0.3, -0.25) is 4.52 Å². The smallest absolute Gasteiger partial charge is 0.394 e. The molecule has 20 nitrogen and oxygen atoms in total. The van der Waals surface area contributed by atoms with Crippen LogP contribution in [0.25, 0.3) is 5.65 Å². The van der Waals surface area contributed by atoms with Crippen molar-refractivity contribution in [1.82, 2.24) is 19.6 Å². The maximum absolute atomic E-state index is 15.9. The second-order valence-corrected chi connectivity index (χ2v) is 13.7. The molecule has 0 aromatic carbocycles. The fraction of sp³-hybridized carbons (Fsp3) is 0.632. The minimum atomic E-state index is -5.64. The first kappa shape index (κ1) is 34.0. The number of hydrogen-bond acceptors (Lipinski definition) is 18. The Bertz CT molecular complexity index is 1490. The Balaban J connectivity index is 1.48. The molecule has 0 radical (unpaired) electrons. The maximum Gasteiger partial charge on any atom is 0.481 e. The van der Waals surface area contributed by atoms with E-state index in [2.05, 4.69) is 35.7 Å². The van der Waals surface area contributed by atoms with Crippen LogP contribution < -0.4 is 5.73 Å². The highest BCUT2D eigenvalue weighted by Gasteiger charge is 2.65. The van der Waals surface area contributed by atoms with Gasteiger partial charge in [0.25, 0.3) is 5.85 Å². The van der Waals surface area contributed by atoms with Gasteiger partial charge in [0.15, 0.2) is 23.6 Å². The topological polar surface area (TPSA) is 314 Å². The number of aliphatic hydroxyl groups is 7. The molecule has 43 heavy (non-hydrogen) atoms. The largest absolute Gasteiger partial charge is 0.481 e. The quantitative estimate of drug-likeness (QED) is 0.0840. The first-order valence-corrected chi connectivity index (χ1v) is 15.9. The molecule has 12 atom stereocenters. The highest BCUT2D eigenvalue weighted by atomic mass is 32.5. The van der Waals surface area contributed by atoms with Gasteiger partial charge in [0.05, 0.1) is 18.4 Å². The fourth-order valence-corrected chi connectivity index (χ4v) is 7.36. The molecule has 240 valence electrons. The molecular formula is C19H26FN5O15P2S. The van der Waals surface area contributed by atoms with E-state index in [-0.39, 0.29) is 17.2 Å². The van der Waals surface area contributed by atoms with Crippen LogP contribution in [0.3, 0.4) is 0 Å². The predicted molar refractivity (Wildman–Crippen MR) is 137 cm³/mol. The Kier molecular flexibility index (Phi) is 9.63. The standard InChI is InChI=1S/C19H26FN5O15P2S/c1-2-18(32)13(7-3-24-25-14(7)22-6-23-17(25)21)38-19(20,16(18)31)5-36-42(35,43)40-41(33,34)39-15-11(30)9(28)10(29)12(37-15)8(27)4-26/h1,3,6,8-13,15-16,26-32H,4-5H2,(H,33,34)(H,35,43)(H2,21,22,23)/t8-,9?,10?,11?,12?,13-,15?,16-,18-,19+,42?/m0/s1. The molecule has 4 rings (SSSR count). The molecule has 0 spiro atoms. The van der Waals surface area contributed by atoms with Gasteiger partial charge in [-0.25, -0.2) is 23.2 Å². The highest BCUT2D eigenvalue weighted by molar-refractivity contribution is 8.08. The van der Waals surface area contributed by atoms with E-state index in [1.54, 1.807) is 0 Å². The molecule has 0 bridgehead atoms. The summed E-state index contributed by atoms with van der Waals surface area (Å²) in [5.74, 6) is -1.79. The van der Waals surface area contributed by atoms with E-state index >= 15 is 4.39 Å². The number of ether oxygens (including phenoxy) is 2. The zero-order valence-electron chi connectivity index (χ0n) is 21.3. The van der Waals surface area contributed by atoms with E-state index in [0.29, 0.717) is 0 Å². The van der Waals surface area contributed by atoms with E-state index in [4.69, 9.17) is 31.3 Å².